The molecular weight excluding hydrogens is 362 g/mol. The van der Waals surface area contributed by atoms with Crippen LogP contribution in [0.2, 0.25) is 5.02 Å². The summed E-state index contributed by atoms with van der Waals surface area (Å²) in [5.41, 5.74) is 7.01. The second-order valence-corrected chi connectivity index (χ2v) is 6.66. The summed E-state index contributed by atoms with van der Waals surface area (Å²) in [5.74, 6) is -0.232. The van der Waals surface area contributed by atoms with E-state index in [1.807, 2.05) is 42.7 Å². The van der Waals surface area contributed by atoms with Crippen LogP contribution < -0.4 is 16.2 Å². The SMILES string of the molecule is CSc1ccc(C(=O)NNC(=S)NCCc2ccc(Cl)cc2)cc1. The van der Waals surface area contributed by atoms with Crippen LogP contribution in [0, 0.1) is 0 Å². The van der Waals surface area contributed by atoms with Gasteiger partial charge in [0.05, 0.1) is 0 Å². The highest BCUT2D eigenvalue weighted by Gasteiger charge is 2.05. The van der Waals surface area contributed by atoms with Crippen LogP contribution in [0.4, 0.5) is 0 Å². The van der Waals surface area contributed by atoms with Gasteiger partial charge in [0.2, 0.25) is 0 Å². The van der Waals surface area contributed by atoms with Crippen molar-refractivity contribution in [3.05, 3.63) is 64.7 Å². The normalized spacial score (nSPS) is 10.1. The average molecular weight is 380 g/mol. The summed E-state index contributed by atoms with van der Waals surface area (Å²) in [6, 6.07) is 15.0. The highest BCUT2D eigenvalue weighted by Crippen LogP contribution is 2.14. The van der Waals surface area contributed by atoms with Crippen molar-refractivity contribution in [1.29, 1.82) is 0 Å². The highest BCUT2D eigenvalue weighted by molar-refractivity contribution is 7.98. The summed E-state index contributed by atoms with van der Waals surface area (Å²) in [6.07, 6.45) is 2.80. The number of halogens is 1. The maximum absolute atomic E-state index is 12.0. The Kier molecular flexibility index (Phi) is 7.36. The minimum Gasteiger partial charge on any atom is -0.361 e. The molecular formula is C17H18ClN3OS2. The summed E-state index contributed by atoms with van der Waals surface area (Å²) in [7, 11) is 0. The van der Waals surface area contributed by atoms with Gasteiger partial charge in [0.15, 0.2) is 5.11 Å². The Morgan fingerprint density at radius 3 is 2.38 bits per heavy atom. The molecule has 7 heteroatoms. The number of nitrogens with one attached hydrogen (secondary N) is 3. The molecule has 0 aliphatic carbocycles. The smallest absolute Gasteiger partial charge is 0.269 e. The lowest BCUT2D eigenvalue weighted by molar-refractivity contribution is 0.0943. The number of rotatable bonds is 5. The molecule has 126 valence electrons. The molecule has 4 nitrogen and oxygen atoms in total. The van der Waals surface area contributed by atoms with E-state index in [-0.39, 0.29) is 5.91 Å². The second kappa shape index (κ2) is 9.52. The number of hydrogen-bond donors (Lipinski definition) is 3. The molecule has 0 radical (unpaired) electrons. The first-order valence-electron chi connectivity index (χ1n) is 7.31. The molecule has 1 amide bonds. The van der Waals surface area contributed by atoms with Crippen molar-refractivity contribution in [3.8, 4) is 0 Å². The van der Waals surface area contributed by atoms with Gasteiger partial charge in [-0.2, -0.15) is 0 Å². The fourth-order valence-electron chi connectivity index (χ4n) is 1.94. The van der Waals surface area contributed by atoms with Crippen molar-refractivity contribution >= 4 is 46.6 Å². The quantitative estimate of drug-likeness (QED) is 0.422. The summed E-state index contributed by atoms with van der Waals surface area (Å²) >= 11 is 12.6. The molecule has 0 spiro atoms. The van der Waals surface area contributed by atoms with E-state index in [9.17, 15) is 4.79 Å². The van der Waals surface area contributed by atoms with E-state index >= 15 is 0 Å². The summed E-state index contributed by atoms with van der Waals surface area (Å²) < 4.78 is 0. The molecule has 2 aromatic carbocycles. The van der Waals surface area contributed by atoms with Crippen molar-refractivity contribution in [2.45, 2.75) is 11.3 Å². The number of thiocarbonyl (C=S) groups is 1. The Bertz CT molecular complexity index is 690. The predicted molar refractivity (Wildman–Crippen MR) is 105 cm³/mol. The highest BCUT2D eigenvalue weighted by atomic mass is 35.5. The third-order valence-corrected chi connectivity index (χ3v) is 4.50. The van der Waals surface area contributed by atoms with Crippen LogP contribution in [0.5, 0.6) is 0 Å². The van der Waals surface area contributed by atoms with Gasteiger partial charge in [-0.25, -0.2) is 0 Å². The summed E-state index contributed by atoms with van der Waals surface area (Å²) in [6.45, 7) is 0.658. The van der Waals surface area contributed by atoms with Gasteiger partial charge in [-0.15, -0.1) is 11.8 Å². The molecule has 0 fully saturated rings. The molecule has 2 aromatic rings. The van der Waals surface area contributed by atoms with E-state index < -0.39 is 0 Å². The van der Waals surface area contributed by atoms with Crippen LogP contribution in [0.1, 0.15) is 15.9 Å². The Labute approximate surface area is 156 Å². The first-order chi connectivity index (χ1) is 11.6. The van der Waals surface area contributed by atoms with Gasteiger partial charge in [-0.1, -0.05) is 23.7 Å². The van der Waals surface area contributed by atoms with Gasteiger partial charge in [0.25, 0.3) is 5.91 Å². The zero-order valence-electron chi connectivity index (χ0n) is 13.1. The van der Waals surface area contributed by atoms with Crippen LogP contribution in [0.3, 0.4) is 0 Å². The molecule has 0 saturated heterocycles. The van der Waals surface area contributed by atoms with Gasteiger partial charge >= 0.3 is 0 Å². The van der Waals surface area contributed by atoms with Gasteiger partial charge in [-0.3, -0.25) is 15.6 Å². The van der Waals surface area contributed by atoms with Crippen LogP contribution in [-0.2, 0) is 6.42 Å². The molecule has 2 rings (SSSR count). The minimum atomic E-state index is -0.232. The van der Waals surface area contributed by atoms with Gasteiger partial charge < -0.3 is 5.32 Å². The molecule has 0 aliphatic heterocycles. The monoisotopic (exact) mass is 379 g/mol. The van der Waals surface area contributed by atoms with E-state index in [1.54, 1.807) is 23.9 Å². The fourth-order valence-corrected chi connectivity index (χ4v) is 2.63. The molecule has 24 heavy (non-hydrogen) atoms. The number of benzene rings is 2. The number of carbonyl (C=O) groups is 1. The van der Waals surface area contributed by atoms with Crippen molar-refractivity contribution in [3.63, 3.8) is 0 Å². The van der Waals surface area contributed by atoms with Gasteiger partial charge in [-0.05, 0) is 66.9 Å². The first-order valence-corrected chi connectivity index (χ1v) is 9.32. The molecule has 0 bridgehead atoms. The van der Waals surface area contributed by atoms with Gasteiger partial charge in [0.1, 0.15) is 0 Å². The minimum absolute atomic E-state index is 0.232. The van der Waals surface area contributed by atoms with Crippen LogP contribution in [-0.4, -0.2) is 23.8 Å². The van der Waals surface area contributed by atoms with Crippen LogP contribution >= 0.6 is 35.6 Å². The molecule has 0 unspecified atom stereocenters. The third-order valence-electron chi connectivity index (χ3n) is 3.25. The standard InChI is InChI=1S/C17H18ClN3OS2/c1-24-15-8-4-13(5-9-15)16(22)20-21-17(23)19-11-10-12-2-6-14(18)7-3-12/h2-9H,10-11H2,1H3,(H,20,22)(H2,19,21,23). The predicted octanol–water partition coefficient (Wildman–Crippen LogP) is 3.41. The van der Waals surface area contributed by atoms with Crippen molar-refractivity contribution in [1.82, 2.24) is 16.2 Å². The van der Waals surface area contributed by atoms with Crippen molar-refractivity contribution < 1.29 is 4.79 Å². The zero-order valence-corrected chi connectivity index (χ0v) is 15.5. The van der Waals surface area contributed by atoms with E-state index in [4.69, 9.17) is 23.8 Å². The third kappa shape index (κ3) is 6.03. The second-order valence-electron chi connectivity index (χ2n) is 4.94. The molecule has 0 saturated carbocycles. The van der Waals surface area contributed by atoms with E-state index in [0.29, 0.717) is 17.2 Å². The van der Waals surface area contributed by atoms with E-state index in [0.717, 1.165) is 21.9 Å². The lowest BCUT2D eigenvalue weighted by Gasteiger charge is -2.12. The number of amides is 1. The van der Waals surface area contributed by atoms with E-state index in [1.165, 1.54) is 0 Å². The number of hydrazine groups is 1. The van der Waals surface area contributed by atoms with Crippen LogP contribution in [0.15, 0.2) is 53.4 Å². The summed E-state index contributed by atoms with van der Waals surface area (Å²) in [4.78, 5) is 13.1. The average Bonchev–Trinajstić information content (AvgIpc) is 2.61. The van der Waals surface area contributed by atoms with Gasteiger partial charge in [0, 0.05) is 22.0 Å². The fraction of sp³-hybridized carbons (Fsp3) is 0.176. The maximum atomic E-state index is 12.0. The van der Waals surface area contributed by atoms with Crippen LogP contribution in [0.25, 0.3) is 0 Å². The number of hydrogen-bond acceptors (Lipinski definition) is 3. The first kappa shape index (κ1) is 18.6. The largest absolute Gasteiger partial charge is 0.361 e. The Morgan fingerprint density at radius 1 is 1.08 bits per heavy atom. The zero-order chi connectivity index (χ0) is 17.4. The molecule has 0 atom stereocenters. The number of carbonyl (C=O) groups excluding carboxylic acids is 1. The molecule has 0 aliphatic rings. The topological polar surface area (TPSA) is 53.2 Å². The van der Waals surface area contributed by atoms with Crippen molar-refractivity contribution in [2.24, 2.45) is 0 Å². The Morgan fingerprint density at radius 2 is 1.75 bits per heavy atom. The lowest BCUT2D eigenvalue weighted by Crippen LogP contribution is -2.47. The lowest BCUT2D eigenvalue weighted by atomic mass is 10.1. The summed E-state index contributed by atoms with van der Waals surface area (Å²) in [5, 5.41) is 4.13. The number of thioether (sulfide) groups is 1. The molecule has 0 heterocycles. The maximum Gasteiger partial charge on any atom is 0.269 e. The van der Waals surface area contributed by atoms with E-state index in [2.05, 4.69) is 16.2 Å². The Hall–Kier alpha value is -1.76. The Balaban J connectivity index is 1.70. The molecule has 0 aromatic heterocycles. The van der Waals surface area contributed by atoms with Crippen molar-refractivity contribution in [2.75, 3.05) is 12.8 Å². The molecule has 3 N–H and O–H groups in total.